The molecule has 2 saturated heterocycles. The molecule has 0 spiro atoms. The Bertz CT molecular complexity index is 977. The van der Waals surface area contributed by atoms with Crippen molar-refractivity contribution in [3.63, 3.8) is 0 Å². The smallest absolute Gasteiger partial charge is 0.309 e. The molecule has 3 heterocycles. The van der Waals surface area contributed by atoms with Crippen molar-refractivity contribution < 1.29 is 29.3 Å². The lowest BCUT2D eigenvalue weighted by molar-refractivity contribution is -0.154. The molecule has 2 aliphatic heterocycles. The Labute approximate surface area is 232 Å². The van der Waals surface area contributed by atoms with E-state index in [-0.39, 0.29) is 29.8 Å². The SMILES string of the molecule is C/C(=C\c1csc(C)n1)[C@@H]1C[C@@H]2O[C@]2(CI)CCC[C@H](C)[C@H](O)[C@@H](C)C(=O)C(C)(C)[C@@H](O)CC(=O)O1. The van der Waals surface area contributed by atoms with Gasteiger partial charge in [-0.1, -0.05) is 56.7 Å². The maximum absolute atomic E-state index is 13.3. The lowest BCUT2D eigenvalue weighted by Crippen LogP contribution is -2.45. The van der Waals surface area contributed by atoms with E-state index in [1.165, 1.54) is 0 Å². The first-order valence-electron chi connectivity index (χ1n) is 12.7. The Morgan fingerprint density at radius 1 is 1.31 bits per heavy atom. The van der Waals surface area contributed by atoms with Crippen LogP contribution in [0.25, 0.3) is 6.08 Å². The Balaban J connectivity index is 1.88. The average molecular weight is 634 g/mol. The lowest BCUT2D eigenvalue weighted by Gasteiger charge is -2.34. The van der Waals surface area contributed by atoms with Crippen LogP contribution < -0.4 is 0 Å². The molecule has 202 valence electrons. The number of aliphatic hydroxyl groups excluding tert-OH is 2. The molecule has 0 aliphatic carbocycles. The maximum Gasteiger partial charge on any atom is 0.309 e. The van der Waals surface area contributed by atoms with Crippen LogP contribution in [0, 0.1) is 24.2 Å². The van der Waals surface area contributed by atoms with Crippen molar-refractivity contribution in [3.8, 4) is 0 Å². The molecule has 0 unspecified atom stereocenters. The number of carbonyl (C=O) groups excluding carboxylic acids is 2. The highest BCUT2D eigenvalue weighted by molar-refractivity contribution is 14.1. The van der Waals surface area contributed by atoms with E-state index in [9.17, 15) is 19.8 Å². The molecular weight excluding hydrogens is 593 g/mol. The van der Waals surface area contributed by atoms with Gasteiger partial charge in [-0.3, -0.25) is 9.59 Å². The summed E-state index contributed by atoms with van der Waals surface area (Å²) in [5.41, 5.74) is 0.212. The third-order valence-corrected chi connectivity index (χ3v) is 10.0. The minimum Gasteiger partial charge on any atom is -0.458 e. The number of fused-ring (bicyclic) bond motifs is 1. The van der Waals surface area contributed by atoms with Crippen LogP contribution in [0.1, 0.15) is 77.4 Å². The van der Waals surface area contributed by atoms with Gasteiger partial charge in [-0.2, -0.15) is 0 Å². The van der Waals surface area contributed by atoms with E-state index >= 15 is 0 Å². The number of nitrogens with zero attached hydrogens (tertiary/aromatic N) is 1. The van der Waals surface area contributed by atoms with Crippen molar-refractivity contribution >= 4 is 51.8 Å². The first kappa shape index (κ1) is 29.7. The second-order valence-electron chi connectivity index (χ2n) is 11.2. The summed E-state index contributed by atoms with van der Waals surface area (Å²) >= 11 is 3.91. The predicted octanol–water partition coefficient (Wildman–Crippen LogP) is 4.89. The number of aryl methyl sites for hydroxylation is 1. The molecular formula is C27H40INO6S. The molecule has 9 heteroatoms. The van der Waals surface area contributed by atoms with Gasteiger partial charge in [-0.05, 0) is 44.3 Å². The van der Waals surface area contributed by atoms with Crippen molar-refractivity contribution in [1.82, 2.24) is 4.98 Å². The maximum atomic E-state index is 13.3. The average Bonchev–Trinajstić information content (AvgIpc) is 3.35. The predicted molar refractivity (Wildman–Crippen MR) is 149 cm³/mol. The fourth-order valence-corrected chi connectivity index (χ4v) is 6.75. The van der Waals surface area contributed by atoms with E-state index in [0.717, 1.165) is 40.0 Å². The van der Waals surface area contributed by atoms with Gasteiger partial charge in [0.1, 0.15) is 17.5 Å². The number of Topliss-reactive ketones (excluding diaryl/α,β-unsaturated/α-hetero) is 1. The largest absolute Gasteiger partial charge is 0.458 e. The van der Waals surface area contributed by atoms with E-state index in [2.05, 4.69) is 27.6 Å². The summed E-state index contributed by atoms with van der Waals surface area (Å²) in [6.45, 7) is 10.8. The minimum atomic E-state index is -1.23. The molecule has 2 fully saturated rings. The van der Waals surface area contributed by atoms with Crippen molar-refractivity contribution in [1.29, 1.82) is 0 Å². The Hall–Kier alpha value is -0.880. The molecule has 3 rings (SSSR count). The van der Waals surface area contributed by atoms with E-state index < -0.39 is 35.6 Å². The van der Waals surface area contributed by atoms with Crippen molar-refractivity contribution in [2.75, 3.05) is 4.43 Å². The minimum absolute atomic E-state index is 0.0391. The third-order valence-electron chi connectivity index (χ3n) is 7.95. The molecule has 0 saturated carbocycles. The second-order valence-corrected chi connectivity index (χ2v) is 13.0. The molecule has 1 aromatic rings. The van der Waals surface area contributed by atoms with Crippen LogP contribution in [-0.4, -0.2) is 61.4 Å². The first-order valence-corrected chi connectivity index (χ1v) is 15.1. The number of ether oxygens (including phenoxy) is 2. The lowest BCUT2D eigenvalue weighted by atomic mass is 9.73. The molecule has 2 N–H and O–H groups in total. The molecule has 1 aromatic heterocycles. The van der Waals surface area contributed by atoms with Gasteiger partial charge in [0, 0.05) is 22.1 Å². The summed E-state index contributed by atoms with van der Waals surface area (Å²) in [4.78, 5) is 30.8. The highest BCUT2D eigenvalue weighted by Crippen LogP contribution is 2.46. The number of esters is 1. The summed E-state index contributed by atoms with van der Waals surface area (Å²) in [5, 5.41) is 24.7. The number of ketones is 1. The molecule has 0 amide bonds. The van der Waals surface area contributed by atoms with Gasteiger partial charge in [0.15, 0.2) is 0 Å². The zero-order valence-electron chi connectivity index (χ0n) is 22.1. The van der Waals surface area contributed by atoms with Crippen LogP contribution in [0.2, 0.25) is 0 Å². The van der Waals surface area contributed by atoms with Crippen LogP contribution in [-0.2, 0) is 19.1 Å². The topological polar surface area (TPSA) is 109 Å². The fourth-order valence-electron chi connectivity index (χ4n) is 5.12. The number of epoxide rings is 1. The summed E-state index contributed by atoms with van der Waals surface area (Å²) in [5.74, 6) is -1.55. The molecule has 0 bridgehead atoms. The van der Waals surface area contributed by atoms with Crippen LogP contribution in [0.5, 0.6) is 0 Å². The van der Waals surface area contributed by atoms with E-state index in [4.69, 9.17) is 9.47 Å². The molecule has 7 atom stereocenters. The zero-order valence-corrected chi connectivity index (χ0v) is 25.1. The number of thiazole rings is 1. The Morgan fingerprint density at radius 2 is 2.00 bits per heavy atom. The number of aliphatic hydroxyl groups is 2. The second kappa shape index (κ2) is 11.9. The summed E-state index contributed by atoms with van der Waals surface area (Å²) in [6, 6.07) is 0. The summed E-state index contributed by atoms with van der Waals surface area (Å²) in [7, 11) is 0. The van der Waals surface area contributed by atoms with Crippen LogP contribution in [0.15, 0.2) is 11.0 Å². The van der Waals surface area contributed by atoms with Gasteiger partial charge in [0.25, 0.3) is 0 Å². The van der Waals surface area contributed by atoms with Crippen molar-refractivity contribution in [2.45, 2.75) is 104 Å². The normalized spacial score (nSPS) is 36.8. The van der Waals surface area contributed by atoms with Gasteiger partial charge in [0.05, 0.1) is 40.8 Å². The summed E-state index contributed by atoms with van der Waals surface area (Å²) < 4.78 is 12.9. The Kier molecular flexibility index (Phi) is 9.80. The fraction of sp³-hybridized carbons (Fsp3) is 0.741. The first-order chi connectivity index (χ1) is 16.8. The summed E-state index contributed by atoms with van der Waals surface area (Å²) in [6.07, 6.45) is 2.03. The highest BCUT2D eigenvalue weighted by atomic mass is 127. The van der Waals surface area contributed by atoms with E-state index in [1.54, 1.807) is 32.1 Å². The van der Waals surface area contributed by atoms with Gasteiger partial charge < -0.3 is 19.7 Å². The molecule has 36 heavy (non-hydrogen) atoms. The van der Waals surface area contributed by atoms with E-state index in [0.29, 0.717) is 6.42 Å². The Morgan fingerprint density at radius 3 is 2.61 bits per heavy atom. The van der Waals surface area contributed by atoms with E-state index in [1.807, 2.05) is 32.2 Å². The number of carbonyl (C=O) groups is 2. The zero-order chi connectivity index (χ0) is 26.8. The van der Waals surface area contributed by atoms with Crippen LogP contribution in [0.4, 0.5) is 0 Å². The number of aromatic nitrogens is 1. The molecule has 0 aromatic carbocycles. The van der Waals surface area contributed by atoms with Crippen molar-refractivity contribution in [3.05, 3.63) is 21.7 Å². The standard InChI is InChI=1S/C27H40INO6S/c1-15-8-7-9-27(14-28)22(35-27)11-20(16(2)10-19-13-36-18(4)29-19)34-23(31)12-21(30)26(5,6)25(33)17(3)24(15)32/h10,13,15,17,20-22,24,30,32H,7-9,11-12,14H2,1-6H3/b16-10+/t15-,17+,20-,21-,22-,24-,27-/m0/s1. The quantitative estimate of drug-likeness (QED) is 0.211. The number of hydrogen-bond acceptors (Lipinski definition) is 8. The monoisotopic (exact) mass is 633 g/mol. The number of halogens is 1. The van der Waals surface area contributed by atoms with Crippen LogP contribution >= 0.6 is 33.9 Å². The number of hydrogen-bond donors (Lipinski definition) is 2. The number of alkyl halides is 1. The van der Waals surface area contributed by atoms with Crippen LogP contribution in [0.3, 0.4) is 0 Å². The number of cyclic esters (lactones) is 1. The van der Waals surface area contributed by atoms with Gasteiger partial charge in [-0.15, -0.1) is 11.3 Å². The highest BCUT2D eigenvalue weighted by Gasteiger charge is 2.56. The van der Waals surface area contributed by atoms with Gasteiger partial charge in [-0.25, -0.2) is 4.98 Å². The van der Waals surface area contributed by atoms with Gasteiger partial charge in [0.2, 0.25) is 0 Å². The van der Waals surface area contributed by atoms with Crippen molar-refractivity contribution in [2.24, 2.45) is 17.3 Å². The molecule has 7 nitrogen and oxygen atoms in total. The number of rotatable bonds is 3. The van der Waals surface area contributed by atoms with Gasteiger partial charge >= 0.3 is 5.97 Å². The third kappa shape index (κ3) is 6.76. The molecule has 2 aliphatic rings. The molecule has 0 radical (unpaired) electrons.